The van der Waals surface area contributed by atoms with Crippen molar-refractivity contribution in [3.63, 3.8) is 0 Å². The Kier molecular flexibility index (Phi) is 6.08. The van der Waals surface area contributed by atoms with E-state index in [9.17, 15) is 5.11 Å². The van der Waals surface area contributed by atoms with Gasteiger partial charge in [-0.3, -0.25) is 4.68 Å². The zero-order chi connectivity index (χ0) is 16.8. The molecule has 0 aliphatic carbocycles. The first kappa shape index (κ1) is 17.4. The van der Waals surface area contributed by atoms with Crippen molar-refractivity contribution in [2.24, 2.45) is 0 Å². The smallest absolute Gasteiger partial charge is 0.171 e. The maximum Gasteiger partial charge on any atom is 0.171 e. The van der Waals surface area contributed by atoms with Gasteiger partial charge in [0, 0.05) is 4.90 Å². The topological polar surface area (TPSA) is 71.1 Å². The fourth-order valence-electron chi connectivity index (χ4n) is 2.44. The van der Waals surface area contributed by atoms with Crippen LogP contribution in [0.3, 0.4) is 0 Å². The van der Waals surface area contributed by atoms with Crippen molar-refractivity contribution < 1.29 is 9.84 Å². The first-order valence-corrected chi connectivity index (χ1v) is 8.85. The third-order valence-electron chi connectivity index (χ3n) is 3.52. The molecule has 0 radical (unpaired) electrons. The van der Waals surface area contributed by atoms with E-state index in [4.69, 9.17) is 10.00 Å². The minimum Gasteiger partial charge on any atom is -0.453 e. The second-order valence-electron chi connectivity index (χ2n) is 4.99. The summed E-state index contributed by atoms with van der Waals surface area (Å²) in [5.41, 5.74) is 2.40. The molecule has 0 amide bonds. The molecule has 1 aromatic carbocycles. The lowest BCUT2D eigenvalue weighted by Gasteiger charge is -2.10. The second-order valence-corrected chi connectivity index (χ2v) is 5.87. The van der Waals surface area contributed by atoms with Crippen molar-refractivity contribution in [3.8, 4) is 17.6 Å². The van der Waals surface area contributed by atoms with Crippen molar-refractivity contribution in [1.29, 1.82) is 5.26 Å². The van der Waals surface area contributed by atoms with E-state index in [1.54, 1.807) is 22.5 Å². The molecule has 0 atom stereocenters. The molecular weight excluding hydrogens is 310 g/mol. The molecule has 0 unspecified atom stereocenters. The van der Waals surface area contributed by atoms with Crippen LogP contribution in [0.2, 0.25) is 0 Å². The molecule has 23 heavy (non-hydrogen) atoms. The van der Waals surface area contributed by atoms with Gasteiger partial charge in [-0.1, -0.05) is 13.8 Å². The fourth-order valence-corrected chi connectivity index (χ4v) is 2.92. The van der Waals surface area contributed by atoms with E-state index >= 15 is 0 Å². The van der Waals surface area contributed by atoms with Crippen LogP contribution >= 0.6 is 11.8 Å². The molecule has 1 N–H and O–H groups in total. The molecule has 0 spiro atoms. The van der Waals surface area contributed by atoms with Gasteiger partial charge in [0.05, 0.1) is 30.5 Å². The quantitative estimate of drug-likeness (QED) is 0.788. The van der Waals surface area contributed by atoms with E-state index in [1.165, 1.54) is 0 Å². The monoisotopic (exact) mass is 331 g/mol. The van der Waals surface area contributed by atoms with Crippen LogP contribution in [-0.2, 0) is 19.4 Å². The van der Waals surface area contributed by atoms with Crippen molar-refractivity contribution in [1.82, 2.24) is 9.78 Å². The lowest BCUT2D eigenvalue weighted by atomic mass is 10.2. The number of hydrogen-bond donors (Lipinski definition) is 1. The van der Waals surface area contributed by atoms with Gasteiger partial charge in [0.15, 0.2) is 5.75 Å². The number of nitriles is 1. The Hall–Kier alpha value is -1.97. The minimum absolute atomic E-state index is 0.0395. The summed E-state index contributed by atoms with van der Waals surface area (Å²) in [4.78, 5) is 0.984. The highest BCUT2D eigenvalue weighted by Crippen LogP contribution is 2.32. The van der Waals surface area contributed by atoms with Crippen molar-refractivity contribution in [2.75, 3.05) is 12.9 Å². The number of nitrogens with zero attached hydrogens (tertiary/aromatic N) is 3. The van der Waals surface area contributed by atoms with E-state index in [2.05, 4.69) is 11.2 Å². The molecule has 1 heterocycles. The standard InChI is InChI=1S/C17H21N3O2S/c1-4-15-17(16(5-2)20(19-15)6-7-21)22-13-8-12(11-18)9-14(10-13)23-3/h8-10,21H,4-7H2,1-3H3. The molecule has 2 rings (SSSR count). The van der Waals surface area contributed by atoms with Gasteiger partial charge in [-0.15, -0.1) is 11.8 Å². The zero-order valence-corrected chi connectivity index (χ0v) is 14.5. The maximum atomic E-state index is 9.20. The SMILES string of the molecule is CCc1nn(CCO)c(CC)c1Oc1cc(C#N)cc(SC)c1. The van der Waals surface area contributed by atoms with Gasteiger partial charge in [0.1, 0.15) is 11.4 Å². The van der Waals surface area contributed by atoms with Crippen LogP contribution in [0.15, 0.2) is 23.1 Å². The Morgan fingerprint density at radius 1 is 1.30 bits per heavy atom. The third-order valence-corrected chi connectivity index (χ3v) is 4.23. The average Bonchev–Trinajstić information content (AvgIpc) is 2.91. The van der Waals surface area contributed by atoms with Crippen LogP contribution in [0.4, 0.5) is 0 Å². The summed E-state index contributed by atoms with van der Waals surface area (Å²) in [7, 11) is 0. The first-order chi connectivity index (χ1) is 11.2. The number of aliphatic hydroxyl groups excluding tert-OH is 1. The van der Waals surface area contributed by atoms with Gasteiger partial charge >= 0.3 is 0 Å². The number of aromatic nitrogens is 2. The number of aryl methyl sites for hydroxylation is 1. The van der Waals surface area contributed by atoms with E-state index in [0.29, 0.717) is 17.9 Å². The summed E-state index contributed by atoms with van der Waals surface area (Å²) >= 11 is 1.57. The van der Waals surface area contributed by atoms with Gasteiger partial charge in [0.2, 0.25) is 0 Å². The Labute approximate surface area is 140 Å². The van der Waals surface area contributed by atoms with Crippen LogP contribution < -0.4 is 4.74 Å². The maximum absolute atomic E-state index is 9.20. The summed E-state index contributed by atoms with van der Waals surface area (Å²) < 4.78 is 7.91. The molecule has 1 aromatic heterocycles. The molecule has 0 aliphatic rings. The molecule has 0 bridgehead atoms. The minimum atomic E-state index is 0.0395. The van der Waals surface area contributed by atoms with E-state index in [1.807, 2.05) is 32.2 Å². The Balaban J connectivity index is 2.45. The Morgan fingerprint density at radius 2 is 2.09 bits per heavy atom. The summed E-state index contributed by atoms with van der Waals surface area (Å²) in [6.07, 6.45) is 3.47. The molecule has 6 heteroatoms. The van der Waals surface area contributed by atoms with Crippen LogP contribution in [-0.4, -0.2) is 27.7 Å². The number of thioether (sulfide) groups is 1. The number of benzene rings is 1. The van der Waals surface area contributed by atoms with Gasteiger partial charge in [-0.05, 0) is 37.3 Å². The second kappa shape index (κ2) is 8.04. The van der Waals surface area contributed by atoms with Crippen molar-refractivity contribution in [3.05, 3.63) is 35.2 Å². The largest absolute Gasteiger partial charge is 0.453 e. The lowest BCUT2D eigenvalue weighted by molar-refractivity contribution is 0.267. The van der Waals surface area contributed by atoms with Crippen LogP contribution in [0.25, 0.3) is 0 Å². The lowest BCUT2D eigenvalue weighted by Crippen LogP contribution is -2.08. The van der Waals surface area contributed by atoms with Gasteiger partial charge < -0.3 is 9.84 Å². The van der Waals surface area contributed by atoms with Crippen molar-refractivity contribution >= 4 is 11.8 Å². The van der Waals surface area contributed by atoms with Crippen LogP contribution in [0.5, 0.6) is 11.5 Å². The van der Waals surface area contributed by atoms with Crippen LogP contribution in [0, 0.1) is 11.3 Å². The van der Waals surface area contributed by atoms with E-state index < -0.39 is 0 Å². The summed E-state index contributed by atoms with van der Waals surface area (Å²) in [5.74, 6) is 1.38. The predicted octanol–water partition coefficient (Wildman–Crippen LogP) is 3.39. The van der Waals surface area contributed by atoms with E-state index in [-0.39, 0.29) is 6.61 Å². The Morgan fingerprint density at radius 3 is 2.65 bits per heavy atom. The molecule has 5 nitrogen and oxygen atoms in total. The molecule has 2 aromatic rings. The number of rotatable bonds is 7. The van der Waals surface area contributed by atoms with Gasteiger partial charge in [-0.25, -0.2) is 0 Å². The third kappa shape index (κ3) is 3.87. The Bertz CT molecular complexity index is 719. The van der Waals surface area contributed by atoms with Crippen LogP contribution in [0.1, 0.15) is 30.8 Å². The average molecular weight is 331 g/mol. The zero-order valence-electron chi connectivity index (χ0n) is 13.7. The normalized spacial score (nSPS) is 10.6. The highest BCUT2D eigenvalue weighted by molar-refractivity contribution is 7.98. The molecule has 0 aliphatic heterocycles. The number of ether oxygens (including phenoxy) is 1. The highest BCUT2D eigenvalue weighted by atomic mass is 32.2. The summed E-state index contributed by atoms with van der Waals surface area (Å²) in [6.45, 7) is 4.55. The predicted molar refractivity (Wildman–Crippen MR) is 91.1 cm³/mol. The fraction of sp³-hybridized carbons (Fsp3) is 0.412. The molecule has 122 valence electrons. The van der Waals surface area contributed by atoms with Gasteiger partial charge in [0.25, 0.3) is 0 Å². The number of aliphatic hydroxyl groups is 1. The number of hydrogen-bond acceptors (Lipinski definition) is 5. The summed E-state index contributed by atoms with van der Waals surface area (Å²) in [5, 5.41) is 22.9. The first-order valence-electron chi connectivity index (χ1n) is 7.63. The van der Waals surface area contributed by atoms with Crippen molar-refractivity contribution in [2.45, 2.75) is 38.1 Å². The molecule has 0 fully saturated rings. The highest BCUT2D eigenvalue weighted by Gasteiger charge is 2.18. The summed E-state index contributed by atoms with van der Waals surface area (Å²) in [6, 6.07) is 7.67. The molecule has 0 saturated heterocycles. The van der Waals surface area contributed by atoms with Gasteiger partial charge in [-0.2, -0.15) is 10.4 Å². The molecule has 0 saturated carbocycles. The molecular formula is C17H21N3O2S. The van der Waals surface area contributed by atoms with E-state index in [0.717, 1.165) is 34.9 Å².